The van der Waals surface area contributed by atoms with Crippen LogP contribution >= 0.6 is 15.9 Å². The summed E-state index contributed by atoms with van der Waals surface area (Å²) in [7, 11) is 0. The lowest BCUT2D eigenvalue weighted by Crippen LogP contribution is -2.21. The number of nitrogens with zero attached hydrogens (tertiary/aromatic N) is 2. The number of amides is 1. The lowest BCUT2D eigenvalue weighted by Gasteiger charge is -2.09. The molecule has 0 aliphatic rings. The van der Waals surface area contributed by atoms with E-state index in [1.54, 1.807) is 0 Å². The molecule has 0 unspecified atom stereocenters. The number of hydrogen-bond donors (Lipinski definition) is 2. The van der Waals surface area contributed by atoms with Crippen LogP contribution in [0, 0.1) is 13.8 Å². The van der Waals surface area contributed by atoms with Gasteiger partial charge in [0.05, 0.1) is 0 Å². The second-order valence-electron chi connectivity index (χ2n) is 5.59. The van der Waals surface area contributed by atoms with Crippen LogP contribution in [0.1, 0.15) is 11.1 Å². The number of hydrogen-bond acceptors (Lipinski definition) is 4. The van der Waals surface area contributed by atoms with Gasteiger partial charge in [-0.05, 0) is 37.1 Å². The molecule has 0 aliphatic heterocycles. The summed E-state index contributed by atoms with van der Waals surface area (Å²) in [6.45, 7) is 3.80. The van der Waals surface area contributed by atoms with Gasteiger partial charge in [-0.25, -0.2) is 0 Å². The highest BCUT2D eigenvalue weighted by molar-refractivity contribution is 9.10. The Balaban J connectivity index is 1.62. The molecule has 0 radical (unpaired) electrons. The van der Waals surface area contributed by atoms with E-state index in [0.717, 1.165) is 21.2 Å². The number of anilines is 1. The number of ether oxygens (including phenoxy) is 1. The number of benzene rings is 2. The first-order valence-corrected chi connectivity index (χ1v) is 8.49. The quantitative estimate of drug-likeness (QED) is 0.680. The van der Waals surface area contributed by atoms with Gasteiger partial charge in [0.2, 0.25) is 5.95 Å². The molecule has 128 valence electrons. The zero-order valence-corrected chi connectivity index (χ0v) is 15.4. The number of aromatic amines is 1. The van der Waals surface area contributed by atoms with E-state index in [2.05, 4.69) is 36.4 Å². The van der Waals surface area contributed by atoms with Crippen molar-refractivity contribution in [2.45, 2.75) is 13.8 Å². The van der Waals surface area contributed by atoms with Crippen molar-refractivity contribution < 1.29 is 9.53 Å². The van der Waals surface area contributed by atoms with Crippen LogP contribution in [0.15, 0.2) is 46.9 Å². The Bertz CT molecular complexity index is 908. The summed E-state index contributed by atoms with van der Waals surface area (Å²) in [5.74, 6) is 1.15. The molecular weight excluding hydrogens is 384 g/mol. The van der Waals surface area contributed by atoms with Crippen molar-refractivity contribution >= 4 is 27.8 Å². The van der Waals surface area contributed by atoms with Gasteiger partial charge in [-0.1, -0.05) is 46.3 Å². The van der Waals surface area contributed by atoms with E-state index >= 15 is 0 Å². The van der Waals surface area contributed by atoms with Crippen LogP contribution in [0.2, 0.25) is 0 Å². The van der Waals surface area contributed by atoms with Crippen molar-refractivity contribution in [2.24, 2.45) is 0 Å². The standard InChI is InChI=1S/C18H17BrN4O2/c1-11-7-8-12(2)15(9-11)25-10-16(24)20-18-21-17(22-23-18)13-5-3-4-6-14(13)19/h3-9H,10H2,1-2H3,(H2,20,21,22,23,24). The average molecular weight is 401 g/mol. The molecule has 1 heterocycles. The summed E-state index contributed by atoms with van der Waals surface area (Å²) in [5.41, 5.74) is 2.92. The number of aromatic nitrogens is 3. The van der Waals surface area contributed by atoms with Crippen LogP contribution in [-0.4, -0.2) is 27.7 Å². The third-order valence-electron chi connectivity index (χ3n) is 3.57. The van der Waals surface area contributed by atoms with Gasteiger partial charge in [0.1, 0.15) is 5.75 Å². The Kier molecular flexibility index (Phi) is 5.14. The summed E-state index contributed by atoms with van der Waals surface area (Å²) >= 11 is 3.46. The molecule has 0 atom stereocenters. The summed E-state index contributed by atoms with van der Waals surface area (Å²) in [6.07, 6.45) is 0. The van der Waals surface area contributed by atoms with Crippen molar-refractivity contribution in [3.63, 3.8) is 0 Å². The molecule has 0 bridgehead atoms. The van der Waals surface area contributed by atoms with Gasteiger partial charge < -0.3 is 4.74 Å². The molecule has 0 saturated heterocycles. The number of nitrogens with one attached hydrogen (secondary N) is 2. The van der Waals surface area contributed by atoms with Gasteiger partial charge in [0, 0.05) is 10.0 Å². The zero-order valence-electron chi connectivity index (χ0n) is 13.8. The Morgan fingerprint density at radius 1 is 1.24 bits per heavy atom. The van der Waals surface area contributed by atoms with Gasteiger partial charge in [0.25, 0.3) is 5.91 Å². The Hall–Kier alpha value is -2.67. The molecule has 0 saturated carbocycles. The molecule has 2 N–H and O–H groups in total. The van der Waals surface area contributed by atoms with Crippen molar-refractivity contribution in [1.29, 1.82) is 0 Å². The average Bonchev–Trinajstić information content (AvgIpc) is 3.04. The number of carbonyl (C=O) groups is 1. The molecule has 1 amide bonds. The van der Waals surface area contributed by atoms with Crippen LogP contribution in [0.5, 0.6) is 5.75 Å². The van der Waals surface area contributed by atoms with Crippen LogP contribution in [0.4, 0.5) is 5.95 Å². The lowest BCUT2D eigenvalue weighted by molar-refractivity contribution is -0.118. The molecule has 3 rings (SSSR count). The summed E-state index contributed by atoms with van der Waals surface area (Å²) in [5, 5.41) is 9.45. The zero-order chi connectivity index (χ0) is 17.8. The first-order chi connectivity index (χ1) is 12.0. The summed E-state index contributed by atoms with van der Waals surface area (Å²) < 4.78 is 6.47. The number of halogens is 1. The van der Waals surface area contributed by atoms with Gasteiger partial charge in [-0.2, -0.15) is 4.98 Å². The second kappa shape index (κ2) is 7.48. The Morgan fingerprint density at radius 2 is 2.04 bits per heavy atom. The predicted molar refractivity (Wildman–Crippen MR) is 99.6 cm³/mol. The number of H-pyrrole nitrogens is 1. The minimum absolute atomic E-state index is 0.108. The minimum Gasteiger partial charge on any atom is -0.483 e. The summed E-state index contributed by atoms with van der Waals surface area (Å²) in [4.78, 5) is 16.3. The van der Waals surface area contributed by atoms with Crippen molar-refractivity contribution in [2.75, 3.05) is 11.9 Å². The number of carbonyl (C=O) groups excluding carboxylic acids is 1. The monoisotopic (exact) mass is 400 g/mol. The first kappa shape index (κ1) is 17.2. The molecule has 0 fully saturated rings. The summed E-state index contributed by atoms with van der Waals surface area (Å²) in [6, 6.07) is 13.5. The predicted octanol–water partition coefficient (Wildman–Crippen LogP) is 3.87. The maximum atomic E-state index is 12.1. The number of rotatable bonds is 5. The maximum absolute atomic E-state index is 12.1. The second-order valence-corrected chi connectivity index (χ2v) is 6.45. The molecule has 25 heavy (non-hydrogen) atoms. The Morgan fingerprint density at radius 3 is 2.84 bits per heavy atom. The van der Waals surface area contributed by atoms with Crippen LogP contribution in [-0.2, 0) is 4.79 Å². The van der Waals surface area contributed by atoms with Crippen molar-refractivity contribution in [3.05, 3.63) is 58.1 Å². The van der Waals surface area contributed by atoms with Crippen molar-refractivity contribution in [3.8, 4) is 17.1 Å². The first-order valence-electron chi connectivity index (χ1n) is 7.70. The topological polar surface area (TPSA) is 79.9 Å². The lowest BCUT2D eigenvalue weighted by atomic mass is 10.1. The fourth-order valence-corrected chi connectivity index (χ4v) is 2.73. The van der Waals surface area contributed by atoms with Gasteiger partial charge >= 0.3 is 0 Å². The van der Waals surface area contributed by atoms with Crippen molar-refractivity contribution in [1.82, 2.24) is 15.2 Å². The SMILES string of the molecule is Cc1ccc(C)c(OCC(=O)Nc2n[nH]c(-c3ccccc3Br)n2)c1. The van der Waals surface area contributed by atoms with E-state index in [0.29, 0.717) is 11.6 Å². The van der Waals surface area contributed by atoms with Crippen LogP contribution in [0.25, 0.3) is 11.4 Å². The van der Waals surface area contributed by atoms with E-state index in [1.165, 1.54) is 0 Å². The molecule has 7 heteroatoms. The molecule has 3 aromatic rings. The molecule has 1 aromatic heterocycles. The van der Waals surface area contributed by atoms with Gasteiger partial charge in [-0.3, -0.25) is 15.2 Å². The minimum atomic E-state index is -0.321. The maximum Gasteiger partial charge on any atom is 0.264 e. The largest absolute Gasteiger partial charge is 0.483 e. The third kappa shape index (κ3) is 4.24. The fourth-order valence-electron chi connectivity index (χ4n) is 2.26. The highest BCUT2D eigenvalue weighted by Crippen LogP contribution is 2.25. The van der Waals surface area contributed by atoms with E-state index in [-0.39, 0.29) is 18.5 Å². The van der Waals surface area contributed by atoms with Crippen LogP contribution < -0.4 is 10.1 Å². The smallest absolute Gasteiger partial charge is 0.264 e. The van der Waals surface area contributed by atoms with Crippen LogP contribution in [0.3, 0.4) is 0 Å². The highest BCUT2D eigenvalue weighted by Gasteiger charge is 2.11. The number of aryl methyl sites for hydroxylation is 2. The molecule has 6 nitrogen and oxygen atoms in total. The molecule has 0 aliphatic carbocycles. The van der Waals surface area contributed by atoms with E-state index in [9.17, 15) is 4.79 Å². The van der Waals surface area contributed by atoms with E-state index in [4.69, 9.17) is 4.74 Å². The van der Waals surface area contributed by atoms with E-state index < -0.39 is 0 Å². The fraction of sp³-hybridized carbons (Fsp3) is 0.167. The molecule has 0 spiro atoms. The normalized spacial score (nSPS) is 10.5. The third-order valence-corrected chi connectivity index (χ3v) is 4.26. The Labute approximate surface area is 153 Å². The molecular formula is C18H17BrN4O2. The highest BCUT2D eigenvalue weighted by atomic mass is 79.9. The van der Waals surface area contributed by atoms with Gasteiger partial charge in [-0.15, -0.1) is 5.10 Å². The van der Waals surface area contributed by atoms with Gasteiger partial charge in [0.15, 0.2) is 12.4 Å². The van der Waals surface area contributed by atoms with E-state index in [1.807, 2.05) is 56.3 Å². The molecule has 2 aromatic carbocycles.